The molecule has 2 aromatic carbocycles. The summed E-state index contributed by atoms with van der Waals surface area (Å²) >= 11 is 0. The van der Waals surface area contributed by atoms with E-state index in [1.54, 1.807) is 24.3 Å². The number of carbonyl (C=O) groups is 2. The van der Waals surface area contributed by atoms with Crippen molar-refractivity contribution in [1.82, 2.24) is 20.4 Å². The summed E-state index contributed by atoms with van der Waals surface area (Å²) in [6, 6.07) is 12.5. The van der Waals surface area contributed by atoms with Gasteiger partial charge in [-0.2, -0.15) is 13.2 Å². The van der Waals surface area contributed by atoms with Crippen LogP contribution in [-0.4, -0.2) is 27.0 Å². The van der Waals surface area contributed by atoms with Crippen LogP contribution >= 0.6 is 0 Å². The number of nitrogens with zero attached hydrogens (tertiary/aromatic N) is 3. The van der Waals surface area contributed by atoms with Gasteiger partial charge in [-0.25, -0.2) is 4.79 Å². The molecule has 30 heavy (non-hydrogen) atoms. The van der Waals surface area contributed by atoms with E-state index in [4.69, 9.17) is 4.42 Å². The molecular formula is C20H15F3N4O3. The van der Waals surface area contributed by atoms with Crippen LogP contribution in [0.3, 0.4) is 0 Å². The third kappa shape index (κ3) is 3.40. The van der Waals surface area contributed by atoms with Crippen LogP contribution in [0.15, 0.2) is 59.0 Å². The summed E-state index contributed by atoms with van der Waals surface area (Å²) < 4.78 is 44.7. The Labute approximate surface area is 168 Å². The maximum Gasteiger partial charge on any atom is 0.416 e. The smallest absolute Gasteiger partial charge is 0.416 e. The molecule has 1 aliphatic heterocycles. The molecule has 10 heteroatoms. The lowest BCUT2D eigenvalue weighted by Gasteiger charge is -2.23. The Morgan fingerprint density at radius 3 is 2.50 bits per heavy atom. The second-order valence-electron chi connectivity index (χ2n) is 6.89. The molecule has 3 amide bonds. The van der Waals surface area contributed by atoms with Crippen molar-refractivity contribution in [2.45, 2.75) is 25.2 Å². The second-order valence-corrected chi connectivity index (χ2v) is 6.89. The van der Waals surface area contributed by atoms with Crippen LogP contribution in [0.4, 0.5) is 18.0 Å². The number of halogens is 3. The Morgan fingerprint density at radius 1 is 1.07 bits per heavy atom. The molecule has 0 radical (unpaired) electrons. The molecule has 4 rings (SSSR count). The van der Waals surface area contributed by atoms with Gasteiger partial charge in [-0.1, -0.05) is 30.3 Å². The minimum Gasteiger partial charge on any atom is -0.419 e. The predicted octanol–water partition coefficient (Wildman–Crippen LogP) is 3.72. The molecule has 0 bridgehead atoms. The van der Waals surface area contributed by atoms with E-state index in [2.05, 4.69) is 15.5 Å². The number of alkyl halides is 3. The van der Waals surface area contributed by atoms with Gasteiger partial charge in [0.05, 0.1) is 5.56 Å². The highest BCUT2D eigenvalue weighted by atomic mass is 19.4. The highest BCUT2D eigenvalue weighted by Gasteiger charge is 2.50. The van der Waals surface area contributed by atoms with Crippen LogP contribution in [0, 0.1) is 0 Å². The summed E-state index contributed by atoms with van der Waals surface area (Å²) in [4.78, 5) is 26.2. The molecule has 0 saturated carbocycles. The summed E-state index contributed by atoms with van der Waals surface area (Å²) in [7, 11) is 0. The highest BCUT2D eigenvalue weighted by Crippen LogP contribution is 2.35. The van der Waals surface area contributed by atoms with E-state index >= 15 is 0 Å². The van der Waals surface area contributed by atoms with Gasteiger partial charge in [0.1, 0.15) is 12.1 Å². The third-order valence-electron chi connectivity index (χ3n) is 4.82. The summed E-state index contributed by atoms with van der Waals surface area (Å²) in [6.07, 6.45) is -4.57. The fourth-order valence-corrected chi connectivity index (χ4v) is 3.19. The van der Waals surface area contributed by atoms with Crippen LogP contribution in [0.1, 0.15) is 23.9 Å². The van der Waals surface area contributed by atoms with Crippen molar-refractivity contribution < 1.29 is 27.2 Å². The molecule has 2 heterocycles. The van der Waals surface area contributed by atoms with E-state index < -0.39 is 29.2 Å². The Hall–Kier alpha value is -3.69. The van der Waals surface area contributed by atoms with Gasteiger partial charge in [0.15, 0.2) is 0 Å². The van der Waals surface area contributed by atoms with Crippen molar-refractivity contribution in [2.24, 2.45) is 0 Å². The van der Waals surface area contributed by atoms with Crippen LogP contribution in [-0.2, 0) is 23.1 Å². The van der Waals surface area contributed by atoms with E-state index in [0.29, 0.717) is 5.56 Å². The predicted molar refractivity (Wildman–Crippen MR) is 97.6 cm³/mol. The molecule has 7 nitrogen and oxygen atoms in total. The molecule has 1 aliphatic rings. The fourth-order valence-electron chi connectivity index (χ4n) is 3.19. The minimum absolute atomic E-state index is 0.0191. The number of benzene rings is 2. The summed E-state index contributed by atoms with van der Waals surface area (Å²) in [6.45, 7) is 1.05. The molecule has 154 valence electrons. The number of imide groups is 1. The zero-order valence-corrected chi connectivity index (χ0v) is 15.6. The van der Waals surface area contributed by atoms with Gasteiger partial charge in [0.25, 0.3) is 5.91 Å². The summed E-state index contributed by atoms with van der Waals surface area (Å²) in [5.41, 5.74) is -1.87. The van der Waals surface area contributed by atoms with Gasteiger partial charge < -0.3 is 9.73 Å². The molecular weight excluding hydrogens is 401 g/mol. The molecule has 1 saturated heterocycles. The zero-order valence-electron chi connectivity index (χ0n) is 15.6. The van der Waals surface area contributed by atoms with Gasteiger partial charge in [-0.15, -0.1) is 10.2 Å². The van der Waals surface area contributed by atoms with Crippen molar-refractivity contribution in [3.05, 3.63) is 71.6 Å². The third-order valence-corrected chi connectivity index (χ3v) is 4.82. The molecule has 0 unspecified atom stereocenters. The monoisotopic (exact) mass is 416 g/mol. The maximum atomic E-state index is 13.0. The van der Waals surface area contributed by atoms with Crippen molar-refractivity contribution >= 4 is 11.9 Å². The molecule has 1 aromatic heterocycles. The first-order valence-electron chi connectivity index (χ1n) is 8.88. The van der Waals surface area contributed by atoms with Crippen LogP contribution in [0.2, 0.25) is 0 Å². The Balaban J connectivity index is 1.58. The minimum atomic E-state index is -4.57. The molecule has 0 spiro atoms. The quantitative estimate of drug-likeness (QED) is 0.655. The normalized spacial score (nSPS) is 19.3. The molecule has 0 aliphatic carbocycles. The van der Waals surface area contributed by atoms with Crippen molar-refractivity contribution in [3.8, 4) is 11.5 Å². The van der Waals surface area contributed by atoms with Crippen molar-refractivity contribution in [2.75, 3.05) is 0 Å². The van der Waals surface area contributed by atoms with Gasteiger partial charge in [-0.05, 0) is 36.8 Å². The first-order valence-corrected chi connectivity index (χ1v) is 8.88. The molecule has 1 fully saturated rings. The molecule has 1 N–H and O–H groups in total. The van der Waals surface area contributed by atoms with Crippen LogP contribution in [0.5, 0.6) is 0 Å². The summed E-state index contributed by atoms with van der Waals surface area (Å²) in [5.74, 6) is -0.477. The topological polar surface area (TPSA) is 88.3 Å². The average molecular weight is 416 g/mol. The van der Waals surface area contributed by atoms with Gasteiger partial charge in [0.2, 0.25) is 11.8 Å². The lowest BCUT2D eigenvalue weighted by atomic mass is 9.90. The number of rotatable bonds is 4. The van der Waals surface area contributed by atoms with Gasteiger partial charge in [0, 0.05) is 5.56 Å². The van der Waals surface area contributed by atoms with Crippen LogP contribution < -0.4 is 5.32 Å². The van der Waals surface area contributed by atoms with Crippen LogP contribution in [0.25, 0.3) is 11.5 Å². The van der Waals surface area contributed by atoms with E-state index in [1.807, 2.05) is 6.07 Å². The Kier molecular flexibility index (Phi) is 4.56. The maximum absolute atomic E-state index is 13.0. The van der Waals surface area contributed by atoms with Crippen molar-refractivity contribution in [3.63, 3.8) is 0 Å². The standard InChI is InChI=1S/C20H15F3N4O3/c1-19(13-8-5-9-14(10-13)20(21,22)23)17(28)27(18(29)24-19)11-15-25-26-16(30-15)12-6-3-2-4-7-12/h2-10H,11H2,1H3,(H,24,29)/t19-/m0/s1. The van der Waals surface area contributed by atoms with Gasteiger partial charge >= 0.3 is 12.2 Å². The SMILES string of the molecule is C[C@@]1(c2cccc(C(F)(F)F)c2)NC(=O)N(Cc2nnc(-c3ccccc3)o2)C1=O. The van der Waals surface area contributed by atoms with E-state index in [9.17, 15) is 22.8 Å². The second kappa shape index (κ2) is 6.97. The first kappa shape index (κ1) is 19.6. The lowest BCUT2D eigenvalue weighted by Crippen LogP contribution is -2.41. The van der Waals surface area contributed by atoms with E-state index in [1.165, 1.54) is 19.1 Å². The van der Waals surface area contributed by atoms with E-state index in [0.717, 1.165) is 17.0 Å². The Bertz CT molecular complexity index is 1110. The van der Waals surface area contributed by atoms with E-state index in [-0.39, 0.29) is 23.9 Å². The lowest BCUT2D eigenvalue weighted by molar-refractivity contribution is -0.138. The largest absolute Gasteiger partial charge is 0.419 e. The number of urea groups is 1. The Morgan fingerprint density at radius 2 is 1.80 bits per heavy atom. The number of aromatic nitrogens is 2. The summed E-state index contributed by atoms with van der Waals surface area (Å²) in [5, 5.41) is 10.2. The number of hydrogen-bond acceptors (Lipinski definition) is 5. The number of hydrogen-bond donors (Lipinski definition) is 1. The fraction of sp³-hybridized carbons (Fsp3) is 0.200. The number of carbonyl (C=O) groups excluding carboxylic acids is 2. The zero-order chi connectivity index (χ0) is 21.5. The molecule has 3 aromatic rings. The number of nitrogens with one attached hydrogen (secondary N) is 1. The van der Waals surface area contributed by atoms with Crippen molar-refractivity contribution in [1.29, 1.82) is 0 Å². The number of amides is 3. The first-order chi connectivity index (χ1) is 14.2. The van der Waals surface area contributed by atoms with Gasteiger partial charge in [-0.3, -0.25) is 9.69 Å². The average Bonchev–Trinajstić information content (AvgIpc) is 3.28. The highest BCUT2D eigenvalue weighted by molar-refractivity contribution is 6.07. The molecule has 1 atom stereocenters.